The van der Waals surface area contributed by atoms with Crippen molar-refractivity contribution >= 4 is 5.91 Å². The van der Waals surface area contributed by atoms with Crippen LogP contribution in [0.5, 0.6) is 0 Å². The zero-order chi connectivity index (χ0) is 15.1. The molecule has 0 heterocycles. The summed E-state index contributed by atoms with van der Waals surface area (Å²) in [4.78, 5) is 13.1. The molecule has 0 saturated carbocycles. The molecule has 0 unspecified atom stereocenters. The Bertz CT molecular complexity index is 548. The minimum Gasteiger partial charge on any atom is -0.337 e. The van der Waals surface area contributed by atoms with Gasteiger partial charge in [0, 0.05) is 18.7 Å². The normalized spacial score (nSPS) is 9.65. The fraction of sp³-hybridized carbons (Fsp3) is 0.308. The molecule has 7 heteroatoms. The van der Waals surface area contributed by atoms with Gasteiger partial charge in [-0.1, -0.05) is 0 Å². The van der Waals surface area contributed by atoms with Gasteiger partial charge in [-0.25, -0.2) is 13.2 Å². The average Bonchev–Trinajstić information content (AvgIpc) is 2.43. The minimum absolute atomic E-state index is 0.0172. The number of rotatable bonds is 5. The SMILES string of the molecule is N#CCCN(CCC#N)C(=O)c1cc(F)c(F)c(F)c1. The van der Waals surface area contributed by atoms with E-state index in [4.69, 9.17) is 10.5 Å². The predicted molar refractivity (Wildman–Crippen MR) is 62.7 cm³/mol. The van der Waals surface area contributed by atoms with Gasteiger partial charge in [-0.05, 0) is 12.1 Å². The summed E-state index contributed by atoms with van der Waals surface area (Å²) in [5, 5.41) is 17.0. The number of hydrogen-bond acceptors (Lipinski definition) is 3. The molecule has 0 spiro atoms. The van der Waals surface area contributed by atoms with Crippen molar-refractivity contribution in [2.24, 2.45) is 0 Å². The van der Waals surface area contributed by atoms with E-state index in [1.165, 1.54) is 0 Å². The van der Waals surface area contributed by atoms with Gasteiger partial charge in [-0.3, -0.25) is 4.79 Å². The maximum Gasteiger partial charge on any atom is 0.254 e. The van der Waals surface area contributed by atoms with Gasteiger partial charge in [0.25, 0.3) is 5.91 Å². The first-order chi connectivity index (χ1) is 9.51. The average molecular weight is 281 g/mol. The molecule has 0 aliphatic rings. The third kappa shape index (κ3) is 3.72. The lowest BCUT2D eigenvalue weighted by atomic mass is 10.1. The van der Waals surface area contributed by atoms with E-state index in [9.17, 15) is 18.0 Å². The Morgan fingerprint density at radius 2 is 1.50 bits per heavy atom. The number of halogens is 3. The largest absolute Gasteiger partial charge is 0.337 e. The van der Waals surface area contributed by atoms with Crippen LogP contribution in [0.2, 0.25) is 0 Å². The number of benzene rings is 1. The van der Waals surface area contributed by atoms with Gasteiger partial charge in [-0.2, -0.15) is 10.5 Å². The standard InChI is InChI=1S/C13H10F3N3O/c14-10-7-9(8-11(15)12(10)16)13(20)19(5-1-3-17)6-2-4-18/h7-8H,1-2,5-6H2. The fourth-order valence-electron chi connectivity index (χ4n) is 1.55. The van der Waals surface area contributed by atoms with Crippen LogP contribution in [0, 0.1) is 40.1 Å². The maximum absolute atomic E-state index is 13.1. The van der Waals surface area contributed by atoms with Gasteiger partial charge in [0.1, 0.15) is 0 Å². The van der Waals surface area contributed by atoms with Crippen molar-refractivity contribution in [3.63, 3.8) is 0 Å². The van der Waals surface area contributed by atoms with Crippen LogP contribution in [0.1, 0.15) is 23.2 Å². The molecule has 0 radical (unpaired) electrons. The molecule has 1 rings (SSSR count). The van der Waals surface area contributed by atoms with Crippen LogP contribution < -0.4 is 0 Å². The van der Waals surface area contributed by atoms with Crippen LogP contribution in [-0.4, -0.2) is 23.9 Å². The lowest BCUT2D eigenvalue weighted by molar-refractivity contribution is 0.0761. The molecule has 0 bridgehead atoms. The van der Waals surface area contributed by atoms with E-state index in [0.29, 0.717) is 12.1 Å². The van der Waals surface area contributed by atoms with E-state index in [0.717, 1.165) is 4.90 Å². The first kappa shape index (κ1) is 15.5. The smallest absolute Gasteiger partial charge is 0.254 e. The Hall–Kier alpha value is -2.54. The van der Waals surface area contributed by atoms with E-state index in [1.54, 1.807) is 0 Å². The molecule has 4 nitrogen and oxygen atoms in total. The van der Waals surface area contributed by atoms with Crippen LogP contribution in [-0.2, 0) is 0 Å². The number of nitrogens with zero attached hydrogens (tertiary/aromatic N) is 3. The summed E-state index contributed by atoms with van der Waals surface area (Å²) in [6, 6.07) is 4.84. The molecule has 1 aromatic carbocycles. The summed E-state index contributed by atoms with van der Waals surface area (Å²) < 4.78 is 39.0. The summed E-state index contributed by atoms with van der Waals surface area (Å²) in [6.07, 6.45) is 0.0344. The van der Waals surface area contributed by atoms with E-state index in [2.05, 4.69) is 0 Å². The molecular weight excluding hydrogens is 271 g/mol. The van der Waals surface area contributed by atoms with Gasteiger partial charge in [0.15, 0.2) is 17.5 Å². The Labute approximate surface area is 113 Å². The molecule has 20 heavy (non-hydrogen) atoms. The molecule has 1 amide bonds. The highest BCUT2D eigenvalue weighted by Gasteiger charge is 2.19. The van der Waals surface area contributed by atoms with Gasteiger partial charge in [0.2, 0.25) is 0 Å². The van der Waals surface area contributed by atoms with Crippen LogP contribution >= 0.6 is 0 Å². The first-order valence-corrected chi connectivity index (χ1v) is 5.69. The van der Waals surface area contributed by atoms with Gasteiger partial charge in [0.05, 0.1) is 25.0 Å². The molecule has 1 aromatic rings. The van der Waals surface area contributed by atoms with Crippen LogP contribution in [0.3, 0.4) is 0 Å². The van der Waals surface area contributed by atoms with Crippen molar-refractivity contribution < 1.29 is 18.0 Å². The summed E-state index contributed by atoms with van der Waals surface area (Å²) in [5.41, 5.74) is -0.364. The summed E-state index contributed by atoms with van der Waals surface area (Å²) in [7, 11) is 0. The van der Waals surface area contributed by atoms with E-state index >= 15 is 0 Å². The second-order valence-electron chi connectivity index (χ2n) is 3.86. The molecule has 0 aromatic heterocycles. The molecule has 0 saturated heterocycles. The number of amides is 1. The van der Waals surface area contributed by atoms with Crippen LogP contribution in [0.4, 0.5) is 13.2 Å². The minimum atomic E-state index is -1.65. The van der Waals surface area contributed by atoms with Crippen LogP contribution in [0.25, 0.3) is 0 Å². The third-order valence-electron chi connectivity index (χ3n) is 2.51. The molecule has 0 atom stereocenters. The molecule has 0 aliphatic carbocycles. The Morgan fingerprint density at radius 3 is 1.90 bits per heavy atom. The second kappa shape index (κ2) is 7.15. The number of carbonyl (C=O) groups is 1. The highest BCUT2D eigenvalue weighted by atomic mass is 19.2. The Balaban J connectivity index is 2.99. The molecule has 0 N–H and O–H groups in total. The van der Waals surface area contributed by atoms with Crippen molar-refractivity contribution in [1.82, 2.24) is 4.90 Å². The Kier molecular flexibility index (Phi) is 5.55. The van der Waals surface area contributed by atoms with Gasteiger partial charge < -0.3 is 4.90 Å². The molecule has 0 fully saturated rings. The van der Waals surface area contributed by atoms with Gasteiger partial charge in [-0.15, -0.1) is 0 Å². The zero-order valence-electron chi connectivity index (χ0n) is 10.4. The predicted octanol–water partition coefficient (Wildman–Crippen LogP) is 2.37. The topological polar surface area (TPSA) is 67.9 Å². The first-order valence-electron chi connectivity index (χ1n) is 5.69. The van der Waals surface area contributed by atoms with E-state index in [-0.39, 0.29) is 31.5 Å². The van der Waals surface area contributed by atoms with Crippen molar-refractivity contribution in [3.05, 3.63) is 35.1 Å². The summed E-state index contributed by atoms with van der Waals surface area (Å²) >= 11 is 0. The van der Waals surface area contributed by atoms with Gasteiger partial charge >= 0.3 is 0 Å². The second-order valence-corrected chi connectivity index (χ2v) is 3.86. The lowest BCUT2D eigenvalue weighted by Crippen LogP contribution is -2.33. The molecule has 0 aliphatic heterocycles. The van der Waals surface area contributed by atoms with Crippen molar-refractivity contribution in [2.45, 2.75) is 12.8 Å². The monoisotopic (exact) mass is 281 g/mol. The Morgan fingerprint density at radius 1 is 1.05 bits per heavy atom. The van der Waals surface area contributed by atoms with Crippen molar-refractivity contribution in [1.29, 1.82) is 10.5 Å². The lowest BCUT2D eigenvalue weighted by Gasteiger charge is -2.20. The quantitative estimate of drug-likeness (QED) is 0.778. The number of hydrogen-bond donors (Lipinski definition) is 0. The molecule has 104 valence electrons. The number of nitriles is 2. The summed E-state index contributed by atoms with van der Waals surface area (Å²) in [6.45, 7) is 0.0508. The molecular formula is C13H10F3N3O. The maximum atomic E-state index is 13.1. The highest BCUT2D eigenvalue weighted by molar-refractivity contribution is 5.94. The zero-order valence-corrected chi connectivity index (χ0v) is 10.4. The number of carbonyl (C=O) groups excluding carboxylic acids is 1. The van der Waals surface area contributed by atoms with Crippen molar-refractivity contribution in [3.8, 4) is 12.1 Å². The fourth-order valence-corrected chi connectivity index (χ4v) is 1.55. The van der Waals surface area contributed by atoms with Crippen molar-refractivity contribution in [2.75, 3.05) is 13.1 Å². The van der Waals surface area contributed by atoms with E-state index < -0.39 is 23.4 Å². The van der Waals surface area contributed by atoms with E-state index in [1.807, 2.05) is 12.1 Å². The van der Waals surface area contributed by atoms with Crippen LogP contribution in [0.15, 0.2) is 12.1 Å². The highest BCUT2D eigenvalue weighted by Crippen LogP contribution is 2.15. The summed E-state index contributed by atoms with van der Waals surface area (Å²) in [5.74, 6) is -5.34. The third-order valence-corrected chi connectivity index (χ3v) is 2.51.